The van der Waals surface area contributed by atoms with Gasteiger partial charge in [-0.25, -0.2) is 0 Å². The summed E-state index contributed by atoms with van der Waals surface area (Å²) in [5.41, 5.74) is 0. The van der Waals surface area contributed by atoms with Crippen molar-refractivity contribution in [2.45, 2.75) is 19.0 Å². The van der Waals surface area contributed by atoms with Crippen LogP contribution in [0.1, 0.15) is 18.7 Å². The molecule has 0 amide bonds. The predicted octanol–water partition coefficient (Wildman–Crippen LogP) is 1.73. The summed E-state index contributed by atoms with van der Waals surface area (Å²) in [7, 11) is 0. The lowest BCUT2D eigenvalue weighted by Gasteiger charge is -2.24. The van der Waals surface area contributed by atoms with Crippen LogP contribution < -0.4 is 4.90 Å². The van der Waals surface area contributed by atoms with Gasteiger partial charge in [0, 0.05) is 37.5 Å². The van der Waals surface area contributed by atoms with E-state index in [1.54, 1.807) is 4.90 Å². The molecule has 4 nitrogen and oxygen atoms in total. The van der Waals surface area contributed by atoms with Crippen LogP contribution in [0.3, 0.4) is 0 Å². The first-order valence-corrected chi connectivity index (χ1v) is 5.42. The van der Waals surface area contributed by atoms with Crippen LogP contribution >= 0.6 is 11.5 Å². The highest BCUT2D eigenvalue weighted by Crippen LogP contribution is 2.30. The van der Waals surface area contributed by atoms with Gasteiger partial charge in [0.15, 0.2) is 0 Å². The number of halogens is 3. The summed E-state index contributed by atoms with van der Waals surface area (Å²) < 4.78 is 40.0. The first kappa shape index (κ1) is 11.3. The van der Waals surface area contributed by atoms with Gasteiger partial charge in [-0.3, -0.25) is 4.79 Å². The minimum atomic E-state index is -4.50. The number of carbonyl (C=O) groups excluding carboxylic acids is 1. The summed E-state index contributed by atoms with van der Waals surface area (Å²) in [5, 5.41) is 0.236. The van der Waals surface area contributed by atoms with Gasteiger partial charge in [-0.2, -0.15) is 22.5 Å². The molecule has 0 aromatic carbocycles. The van der Waals surface area contributed by atoms with E-state index in [9.17, 15) is 18.0 Å². The van der Waals surface area contributed by atoms with E-state index >= 15 is 0 Å². The average molecular weight is 251 g/mol. The third-order valence-corrected chi connectivity index (χ3v) is 3.04. The zero-order valence-electron chi connectivity index (χ0n) is 8.12. The Morgan fingerprint density at radius 3 is 2.38 bits per heavy atom. The van der Waals surface area contributed by atoms with Crippen molar-refractivity contribution in [3.8, 4) is 0 Å². The molecule has 0 saturated carbocycles. The van der Waals surface area contributed by atoms with Crippen LogP contribution in [0.5, 0.6) is 0 Å². The quantitative estimate of drug-likeness (QED) is 0.762. The Hall–Kier alpha value is -1.18. The van der Waals surface area contributed by atoms with E-state index in [2.05, 4.69) is 9.36 Å². The minimum Gasteiger partial charge on any atom is -0.346 e. The van der Waals surface area contributed by atoms with E-state index in [-0.39, 0.29) is 10.9 Å². The van der Waals surface area contributed by atoms with E-state index in [1.165, 1.54) is 0 Å². The first-order valence-electron chi connectivity index (χ1n) is 4.64. The molecule has 0 radical (unpaired) electrons. The first-order chi connectivity index (χ1) is 7.47. The molecule has 0 bridgehead atoms. The van der Waals surface area contributed by atoms with Crippen molar-refractivity contribution in [3.63, 3.8) is 0 Å². The molecule has 1 aliphatic heterocycles. The second kappa shape index (κ2) is 4.00. The van der Waals surface area contributed by atoms with Crippen molar-refractivity contribution in [1.29, 1.82) is 0 Å². The normalized spacial score (nSPS) is 17.9. The molecular formula is C8H8F3N3OS. The Kier molecular flexibility index (Phi) is 2.83. The molecule has 1 aliphatic rings. The molecule has 88 valence electrons. The van der Waals surface area contributed by atoms with Gasteiger partial charge in [0.25, 0.3) is 0 Å². The summed E-state index contributed by atoms with van der Waals surface area (Å²) in [6.45, 7) is 0.844. The van der Waals surface area contributed by atoms with Gasteiger partial charge >= 0.3 is 6.18 Å². The molecule has 1 saturated heterocycles. The van der Waals surface area contributed by atoms with Crippen LogP contribution in [0, 0.1) is 0 Å². The number of carbonyl (C=O) groups is 1. The Morgan fingerprint density at radius 1 is 1.25 bits per heavy atom. The lowest BCUT2D eigenvalue weighted by Crippen LogP contribution is -2.33. The van der Waals surface area contributed by atoms with Crippen molar-refractivity contribution >= 4 is 22.4 Å². The maximum atomic E-state index is 12.2. The number of hydrogen-bond donors (Lipinski definition) is 0. The largest absolute Gasteiger partial charge is 0.452 e. The van der Waals surface area contributed by atoms with Crippen molar-refractivity contribution < 1.29 is 18.0 Å². The molecule has 0 N–H and O–H groups in total. The number of piperidine rings is 1. The number of nitrogens with zero attached hydrogens (tertiary/aromatic N) is 3. The van der Waals surface area contributed by atoms with Crippen molar-refractivity contribution in [3.05, 3.63) is 5.82 Å². The molecule has 0 aliphatic carbocycles. The Balaban J connectivity index is 2.10. The maximum absolute atomic E-state index is 12.2. The Morgan fingerprint density at radius 2 is 1.88 bits per heavy atom. The Labute approximate surface area is 93.3 Å². The molecule has 16 heavy (non-hydrogen) atoms. The molecule has 0 unspecified atom stereocenters. The van der Waals surface area contributed by atoms with Gasteiger partial charge in [-0.15, -0.1) is 0 Å². The van der Waals surface area contributed by atoms with Crippen LogP contribution in [0.2, 0.25) is 0 Å². The summed E-state index contributed by atoms with van der Waals surface area (Å²) in [5.74, 6) is -0.971. The molecule has 0 spiro atoms. The highest BCUT2D eigenvalue weighted by atomic mass is 32.1. The lowest BCUT2D eigenvalue weighted by molar-refractivity contribution is -0.144. The number of hydrogen-bond acceptors (Lipinski definition) is 5. The lowest BCUT2D eigenvalue weighted by atomic mass is 10.1. The van der Waals surface area contributed by atoms with Crippen molar-refractivity contribution in [2.24, 2.45) is 0 Å². The number of anilines is 1. The number of Topliss-reactive ketones (excluding diaryl/α,β-unsaturated/α-hetero) is 1. The predicted molar refractivity (Wildman–Crippen MR) is 51.4 cm³/mol. The van der Waals surface area contributed by atoms with Gasteiger partial charge in [0.2, 0.25) is 11.0 Å². The van der Waals surface area contributed by atoms with E-state index in [1.807, 2.05) is 0 Å². The van der Waals surface area contributed by atoms with Gasteiger partial charge in [-0.05, 0) is 0 Å². The van der Waals surface area contributed by atoms with Crippen molar-refractivity contribution in [1.82, 2.24) is 9.36 Å². The van der Waals surface area contributed by atoms with Crippen molar-refractivity contribution in [2.75, 3.05) is 18.0 Å². The van der Waals surface area contributed by atoms with E-state index < -0.39 is 12.0 Å². The number of rotatable bonds is 1. The zero-order chi connectivity index (χ0) is 11.8. The van der Waals surface area contributed by atoms with E-state index in [0.29, 0.717) is 25.9 Å². The molecule has 1 aromatic heterocycles. The molecular weight excluding hydrogens is 243 g/mol. The fourth-order valence-electron chi connectivity index (χ4n) is 1.41. The zero-order valence-corrected chi connectivity index (χ0v) is 8.94. The fraction of sp³-hybridized carbons (Fsp3) is 0.625. The van der Waals surface area contributed by atoms with E-state index in [4.69, 9.17) is 0 Å². The molecule has 2 heterocycles. The SMILES string of the molecule is O=C1CCN(c2nc(C(F)(F)F)ns2)CC1. The smallest absolute Gasteiger partial charge is 0.346 e. The number of ketones is 1. The van der Waals surface area contributed by atoms with Crippen LogP contribution in [0.15, 0.2) is 0 Å². The second-order valence-electron chi connectivity index (χ2n) is 3.42. The highest BCUT2D eigenvalue weighted by Gasteiger charge is 2.36. The van der Waals surface area contributed by atoms with Crippen LogP contribution in [0.4, 0.5) is 18.3 Å². The van der Waals surface area contributed by atoms with Gasteiger partial charge in [0.05, 0.1) is 0 Å². The standard InChI is InChI=1S/C8H8F3N3OS/c9-8(10,11)6-12-7(16-13-6)14-3-1-5(15)2-4-14/h1-4H2. The monoisotopic (exact) mass is 251 g/mol. The van der Waals surface area contributed by atoms with Gasteiger partial charge in [0.1, 0.15) is 5.78 Å². The molecule has 0 atom stereocenters. The third-order valence-electron chi connectivity index (χ3n) is 2.26. The minimum absolute atomic E-state index is 0.136. The summed E-state index contributed by atoms with van der Waals surface area (Å²) >= 11 is 0.718. The summed E-state index contributed by atoms with van der Waals surface area (Å²) in [6.07, 6.45) is -3.78. The van der Waals surface area contributed by atoms with Crippen LogP contribution in [-0.2, 0) is 11.0 Å². The van der Waals surface area contributed by atoms with Crippen LogP contribution in [-0.4, -0.2) is 28.2 Å². The third kappa shape index (κ3) is 2.31. The number of aromatic nitrogens is 2. The maximum Gasteiger partial charge on any atom is 0.452 e. The topological polar surface area (TPSA) is 46.1 Å². The molecule has 2 rings (SSSR count). The van der Waals surface area contributed by atoms with Gasteiger partial charge < -0.3 is 4.90 Å². The molecule has 1 fully saturated rings. The highest BCUT2D eigenvalue weighted by molar-refractivity contribution is 7.09. The van der Waals surface area contributed by atoms with Crippen LogP contribution in [0.25, 0.3) is 0 Å². The van der Waals surface area contributed by atoms with Gasteiger partial charge in [-0.1, -0.05) is 0 Å². The summed E-state index contributed by atoms with van der Waals surface area (Å²) in [4.78, 5) is 16.1. The fourth-order valence-corrected chi connectivity index (χ4v) is 2.14. The average Bonchev–Trinajstić information content (AvgIpc) is 2.67. The molecule has 1 aromatic rings. The van der Waals surface area contributed by atoms with E-state index in [0.717, 1.165) is 11.5 Å². The Bertz CT molecular complexity index is 393. The summed E-state index contributed by atoms with van der Waals surface area (Å²) in [6, 6.07) is 0. The number of alkyl halides is 3. The molecule has 8 heteroatoms. The second-order valence-corrected chi connectivity index (χ2v) is 4.15.